The van der Waals surface area contributed by atoms with E-state index in [0.29, 0.717) is 50.2 Å². The number of halogens is 1. The van der Waals surface area contributed by atoms with Gasteiger partial charge >= 0.3 is 6.01 Å². The van der Waals surface area contributed by atoms with E-state index >= 15 is 0 Å². The highest BCUT2D eigenvalue weighted by Crippen LogP contribution is 2.35. The van der Waals surface area contributed by atoms with Gasteiger partial charge < -0.3 is 24.3 Å². The van der Waals surface area contributed by atoms with E-state index in [1.807, 2.05) is 4.90 Å². The second-order valence-electron chi connectivity index (χ2n) is 12.4. The number of ether oxygens (including phenoxy) is 1. The number of carbonyl (C=O) groups excluding carboxylic acids is 1. The number of hydrogen-bond donors (Lipinski definition) is 0. The molecule has 2 fully saturated rings. The Balaban J connectivity index is 1.35. The number of likely N-dealkylation sites (tertiary alicyclic amines) is 1. The Hall–Kier alpha value is -3.68. The van der Waals surface area contributed by atoms with Crippen LogP contribution < -0.4 is 14.5 Å². The minimum absolute atomic E-state index is 0.0541. The molecule has 6 rings (SSSR count). The molecule has 10 heteroatoms. The van der Waals surface area contributed by atoms with Crippen LogP contribution in [0.1, 0.15) is 42.5 Å². The van der Waals surface area contributed by atoms with E-state index < -0.39 is 0 Å². The summed E-state index contributed by atoms with van der Waals surface area (Å²) in [6.45, 7) is 7.10. The summed E-state index contributed by atoms with van der Waals surface area (Å²) >= 11 is 3.36. The zero-order chi connectivity index (χ0) is 31.3. The Bertz CT molecular complexity index is 1600. The van der Waals surface area contributed by atoms with E-state index in [9.17, 15) is 10.1 Å². The summed E-state index contributed by atoms with van der Waals surface area (Å²) in [6.07, 6.45) is 7.77. The fraction of sp³-hybridized carbons (Fsp3) is 0.486. The molecular formula is C35H42BrN7O2. The van der Waals surface area contributed by atoms with Crippen molar-refractivity contribution in [2.45, 2.75) is 57.7 Å². The lowest BCUT2D eigenvalue weighted by Gasteiger charge is -2.41. The van der Waals surface area contributed by atoms with Crippen molar-refractivity contribution in [3.63, 3.8) is 0 Å². The van der Waals surface area contributed by atoms with Gasteiger partial charge in [-0.05, 0) is 69.3 Å². The number of benzene rings is 2. The Kier molecular flexibility index (Phi) is 9.86. The van der Waals surface area contributed by atoms with E-state index in [2.05, 4.69) is 87.1 Å². The third-order valence-electron chi connectivity index (χ3n) is 9.50. The molecule has 2 atom stereocenters. The molecule has 0 saturated carbocycles. The van der Waals surface area contributed by atoms with Crippen LogP contribution >= 0.6 is 15.9 Å². The summed E-state index contributed by atoms with van der Waals surface area (Å²) in [4.78, 5) is 32.0. The van der Waals surface area contributed by atoms with Gasteiger partial charge in [0.1, 0.15) is 12.4 Å². The summed E-state index contributed by atoms with van der Waals surface area (Å²) in [6, 6.07) is 15.9. The molecule has 3 aromatic rings. The summed E-state index contributed by atoms with van der Waals surface area (Å²) in [5.41, 5.74) is 4.64. The molecule has 0 spiro atoms. The molecule has 3 aliphatic rings. The molecule has 4 heterocycles. The number of rotatable bonds is 8. The molecule has 2 saturated heterocycles. The SMILES string of the molecule is Cc1cccc2cccc(N3CCCc4c(nc(OC[C@@H]5CCCN5C)nc4N4CCN(C(=O)/C=C/CBr)C(CC#N)C4)C3)c12. The number of alkyl halides is 1. The Morgan fingerprint density at radius 2 is 1.93 bits per heavy atom. The first-order valence-electron chi connectivity index (χ1n) is 16.1. The van der Waals surface area contributed by atoms with Gasteiger partial charge in [0.15, 0.2) is 0 Å². The number of nitrogens with zero attached hydrogens (tertiary/aromatic N) is 7. The van der Waals surface area contributed by atoms with Crippen molar-refractivity contribution in [1.29, 1.82) is 5.26 Å². The maximum atomic E-state index is 13.0. The molecule has 236 valence electrons. The highest BCUT2D eigenvalue weighted by atomic mass is 79.9. The molecular weight excluding hydrogens is 630 g/mol. The number of aryl methyl sites for hydroxylation is 1. The van der Waals surface area contributed by atoms with Crippen molar-refractivity contribution in [2.24, 2.45) is 0 Å². The summed E-state index contributed by atoms with van der Waals surface area (Å²) in [5, 5.41) is 12.8. The van der Waals surface area contributed by atoms with Gasteiger partial charge in [0.05, 0.1) is 30.8 Å². The zero-order valence-corrected chi connectivity index (χ0v) is 27.9. The average molecular weight is 673 g/mol. The molecule has 0 radical (unpaired) electrons. The van der Waals surface area contributed by atoms with Crippen molar-refractivity contribution in [1.82, 2.24) is 19.8 Å². The monoisotopic (exact) mass is 671 g/mol. The van der Waals surface area contributed by atoms with Crippen LogP contribution in [-0.4, -0.2) is 89.5 Å². The third-order valence-corrected chi connectivity index (χ3v) is 9.87. The summed E-state index contributed by atoms with van der Waals surface area (Å²) in [5.74, 6) is 0.832. The first-order chi connectivity index (χ1) is 22.0. The van der Waals surface area contributed by atoms with Crippen LogP contribution in [-0.2, 0) is 17.8 Å². The predicted octanol–water partition coefficient (Wildman–Crippen LogP) is 5.25. The van der Waals surface area contributed by atoms with E-state index in [1.54, 1.807) is 12.2 Å². The highest BCUT2D eigenvalue weighted by Gasteiger charge is 2.33. The van der Waals surface area contributed by atoms with Crippen LogP contribution in [0.4, 0.5) is 11.5 Å². The van der Waals surface area contributed by atoms with Crippen LogP contribution in [0, 0.1) is 18.3 Å². The van der Waals surface area contributed by atoms with Crippen LogP contribution in [0.3, 0.4) is 0 Å². The predicted molar refractivity (Wildman–Crippen MR) is 182 cm³/mol. The van der Waals surface area contributed by atoms with Crippen molar-refractivity contribution >= 4 is 44.1 Å². The molecule has 2 aromatic carbocycles. The van der Waals surface area contributed by atoms with Crippen molar-refractivity contribution in [3.05, 3.63) is 65.4 Å². The largest absolute Gasteiger partial charge is 0.462 e. The minimum Gasteiger partial charge on any atom is -0.462 e. The first kappa shape index (κ1) is 31.3. The number of amides is 1. The lowest BCUT2D eigenvalue weighted by atomic mass is 10.0. The first-order valence-corrected chi connectivity index (χ1v) is 17.2. The van der Waals surface area contributed by atoms with E-state index in [4.69, 9.17) is 14.7 Å². The lowest BCUT2D eigenvalue weighted by Crippen LogP contribution is -2.55. The Labute approximate surface area is 274 Å². The van der Waals surface area contributed by atoms with Gasteiger partial charge in [0.2, 0.25) is 5.91 Å². The number of allylic oxidation sites excluding steroid dienone is 1. The fourth-order valence-electron chi connectivity index (χ4n) is 7.11. The van der Waals surface area contributed by atoms with Crippen LogP contribution in [0.5, 0.6) is 6.01 Å². The lowest BCUT2D eigenvalue weighted by molar-refractivity contribution is -0.128. The number of carbonyl (C=O) groups is 1. The Morgan fingerprint density at radius 3 is 2.71 bits per heavy atom. The number of likely N-dealkylation sites (N-methyl/N-ethyl adjacent to an activating group) is 1. The molecule has 1 unspecified atom stereocenters. The quantitative estimate of drug-likeness (QED) is 0.237. The maximum Gasteiger partial charge on any atom is 0.318 e. The van der Waals surface area contributed by atoms with Gasteiger partial charge in [-0.1, -0.05) is 52.3 Å². The number of hydrogen-bond acceptors (Lipinski definition) is 8. The maximum absolute atomic E-state index is 13.0. The van der Waals surface area contributed by atoms with E-state index in [-0.39, 0.29) is 18.4 Å². The smallest absolute Gasteiger partial charge is 0.318 e. The number of nitriles is 1. The summed E-state index contributed by atoms with van der Waals surface area (Å²) < 4.78 is 6.37. The highest BCUT2D eigenvalue weighted by molar-refractivity contribution is 9.09. The van der Waals surface area contributed by atoms with E-state index in [0.717, 1.165) is 49.4 Å². The second kappa shape index (κ2) is 14.2. The fourth-order valence-corrected chi connectivity index (χ4v) is 7.30. The molecule has 0 N–H and O–H groups in total. The van der Waals surface area contributed by atoms with Gasteiger partial charge in [-0.25, -0.2) is 0 Å². The second-order valence-corrected chi connectivity index (χ2v) is 13.0. The average Bonchev–Trinajstić information content (AvgIpc) is 3.34. The van der Waals surface area contributed by atoms with Gasteiger partial charge in [0, 0.05) is 54.2 Å². The topological polar surface area (TPSA) is 88.8 Å². The zero-order valence-electron chi connectivity index (χ0n) is 26.3. The number of aromatic nitrogens is 2. The molecule has 1 amide bonds. The van der Waals surface area contributed by atoms with Gasteiger partial charge in [-0.15, -0.1) is 0 Å². The minimum atomic E-state index is -0.223. The number of piperazine rings is 1. The van der Waals surface area contributed by atoms with Crippen LogP contribution in [0.25, 0.3) is 10.8 Å². The summed E-state index contributed by atoms with van der Waals surface area (Å²) in [7, 11) is 2.15. The molecule has 1 aromatic heterocycles. The van der Waals surface area contributed by atoms with Crippen molar-refractivity contribution in [3.8, 4) is 12.1 Å². The molecule has 0 aliphatic carbocycles. The molecule has 0 bridgehead atoms. The van der Waals surface area contributed by atoms with Crippen molar-refractivity contribution in [2.75, 3.05) is 61.5 Å². The number of fused-ring (bicyclic) bond motifs is 2. The number of anilines is 2. The van der Waals surface area contributed by atoms with Crippen LogP contribution in [0.2, 0.25) is 0 Å². The molecule has 9 nitrogen and oxygen atoms in total. The Morgan fingerprint density at radius 1 is 1.09 bits per heavy atom. The van der Waals surface area contributed by atoms with E-state index in [1.165, 1.54) is 28.4 Å². The van der Waals surface area contributed by atoms with Crippen LogP contribution in [0.15, 0.2) is 48.6 Å². The van der Waals surface area contributed by atoms with Crippen molar-refractivity contribution < 1.29 is 9.53 Å². The molecule has 3 aliphatic heterocycles. The molecule has 45 heavy (non-hydrogen) atoms. The normalized spacial score (nSPS) is 20.8. The standard InChI is InChI=1S/C35H42BrN7O2/c1-25-8-3-9-26-10-4-13-31(33(25)26)41-19-7-12-29-30(23-41)38-35(45-24-28-11-6-18-40(28)2)39-34(29)42-20-21-43(27(22-42)15-17-37)32(44)14-5-16-36/h3-5,8-10,13-14,27-28H,6-7,11-12,15-16,18-24H2,1-2H3/b14-5+/t27?,28-/m0/s1. The van der Waals surface area contributed by atoms with Gasteiger partial charge in [0.25, 0.3) is 0 Å². The van der Waals surface area contributed by atoms with Gasteiger partial charge in [-0.3, -0.25) is 4.79 Å². The third kappa shape index (κ3) is 6.80. The van der Waals surface area contributed by atoms with Gasteiger partial charge in [-0.2, -0.15) is 15.2 Å².